The number of aryl methyl sites for hydroxylation is 1. The molecule has 0 aromatic heterocycles. The summed E-state index contributed by atoms with van der Waals surface area (Å²) in [6.07, 6.45) is 4.58. The van der Waals surface area contributed by atoms with E-state index in [1.54, 1.807) is 0 Å². The van der Waals surface area contributed by atoms with E-state index in [0.29, 0.717) is 6.04 Å². The first-order chi connectivity index (χ1) is 8.76. The van der Waals surface area contributed by atoms with Gasteiger partial charge in [-0.2, -0.15) is 5.26 Å². The Labute approximate surface area is 109 Å². The number of hydrogen-bond donors (Lipinski definition) is 1. The monoisotopic (exact) mass is 244 g/mol. The standard InChI is InChI=1S/C15H20N2O/c1-12-10-15(7-6-13(12)11-16)17(8-3-9-18)14-4-2-5-14/h6-7,10,14,18H,2-5,8-9H2,1H3. The zero-order valence-electron chi connectivity index (χ0n) is 10.9. The summed E-state index contributed by atoms with van der Waals surface area (Å²) < 4.78 is 0. The summed E-state index contributed by atoms with van der Waals surface area (Å²) in [6, 6.07) is 8.84. The highest BCUT2D eigenvalue weighted by Gasteiger charge is 2.24. The first-order valence-corrected chi connectivity index (χ1v) is 6.64. The van der Waals surface area contributed by atoms with Gasteiger partial charge < -0.3 is 10.0 Å². The fourth-order valence-corrected chi connectivity index (χ4v) is 2.41. The largest absolute Gasteiger partial charge is 0.396 e. The van der Waals surface area contributed by atoms with E-state index < -0.39 is 0 Å². The predicted octanol–water partition coefficient (Wildman–Crippen LogP) is 2.61. The Balaban J connectivity index is 2.19. The van der Waals surface area contributed by atoms with Gasteiger partial charge in [0, 0.05) is 24.9 Å². The minimum atomic E-state index is 0.235. The van der Waals surface area contributed by atoms with Crippen LogP contribution in [0.15, 0.2) is 18.2 Å². The summed E-state index contributed by atoms with van der Waals surface area (Å²) in [4.78, 5) is 2.38. The molecule has 18 heavy (non-hydrogen) atoms. The molecule has 1 aromatic rings. The van der Waals surface area contributed by atoms with Crippen molar-refractivity contribution in [1.82, 2.24) is 0 Å². The lowest BCUT2D eigenvalue weighted by Crippen LogP contribution is -2.41. The van der Waals surface area contributed by atoms with Gasteiger partial charge in [0.2, 0.25) is 0 Å². The Morgan fingerprint density at radius 3 is 2.72 bits per heavy atom. The molecule has 1 fully saturated rings. The second kappa shape index (κ2) is 5.88. The Morgan fingerprint density at radius 1 is 1.44 bits per heavy atom. The molecule has 2 rings (SSSR count). The van der Waals surface area contributed by atoms with Crippen molar-refractivity contribution in [2.45, 2.75) is 38.6 Å². The third-order valence-electron chi connectivity index (χ3n) is 3.73. The highest BCUT2D eigenvalue weighted by atomic mass is 16.3. The van der Waals surface area contributed by atoms with Gasteiger partial charge in [-0.1, -0.05) is 0 Å². The first kappa shape index (κ1) is 12.9. The molecule has 0 bridgehead atoms. The van der Waals surface area contributed by atoms with Crippen molar-refractivity contribution in [1.29, 1.82) is 5.26 Å². The van der Waals surface area contributed by atoms with Crippen LogP contribution in [0.25, 0.3) is 0 Å². The predicted molar refractivity (Wildman–Crippen MR) is 72.6 cm³/mol. The van der Waals surface area contributed by atoms with Crippen LogP contribution in [0.4, 0.5) is 5.69 Å². The van der Waals surface area contributed by atoms with Crippen molar-refractivity contribution < 1.29 is 5.11 Å². The molecule has 0 heterocycles. The number of rotatable bonds is 5. The van der Waals surface area contributed by atoms with Crippen LogP contribution in [-0.2, 0) is 0 Å². The lowest BCUT2D eigenvalue weighted by atomic mass is 9.90. The van der Waals surface area contributed by atoms with Crippen LogP contribution < -0.4 is 4.90 Å². The molecule has 0 spiro atoms. The third-order valence-corrected chi connectivity index (χ3v) is 3.73. The van der Waals surface area contributed by atoms with E-state index in [4.69, 9.17) is 10.4 Å². The summed E-state index contributed by atoms with van der Waals surface area (Å²) in [5, 5.41) is 18.0. The van der Waals surface area contributed by atoms with Crippen LogP contribution in [0.1, 0.15) is 36.8 Å². The van der Waals surface area contributed by atoms with E-state index in [1.165, 1.54) is 24.9 Å². The summed E-state index contributed by atoms with van der Waals surface area (Å²) >= 11 is 0. The number of nitriles is 1. The summed E-state index contributed by atoms with van der Waals surface area (Å²) in [6.45, 7) is 3.11. The molecule has 0 radical (unpaired) electrons. The normalized spacial score (nSPS) is 14.9. The Hall–Kier alpha value is -1.53. The van der Waals surface area contributed by atoms with Gasteiger partial charge in [0.15, 0.2) is 0 Å². The van der Waals surface area contributed by atoms with Crippen molar-refractivity contribution in [2.75, 3.05) is 18.1 Å². The fraction of sp³-hybridized carbons (Fsp3) is 0.533. The maximum Gasteiger partial charge on any atom is 0.0994 e. The van der Waals surface area contributed by atoms with E-state index in [0.717, 1.165) is 24.1 Å². The van der Waals surface area contributed by atoms with E-state index in [1.807, 2.05) is 19.1 Å². The molecule has 3 nitrogen and oxygen atoms in total. The van der Waals surface area contributed by atoms with Crippen LogP contribution in [0.3, 0.4) is 0 Å². The molecule has 3 heteroatoms. The van der Waals surface area contributed by atoms with E-state index in [-0.39, 0.29) is 6.61 Å². The molecule has 1 aliphatic carbocycles. The molecule has 0 amide bonds. The molecule has 0 atom stereocenters. The van der Waals surface area contributed by atoms with Crippen LogP contribution >= 0.6 is 0 Å². The van der Waals surface area contributed by atoms with Gasteiger partial charge >= 0.3 is 0 Å². The van der Waals surface area contributed by atoms with Gasteiger partial charge in [0.1, 0.15) is 0 Å². The minimum absolute atomic E-state index is 0.235. The summed E-state index contributed by atoms with van der Waals surface area (Å²) in [5.41, 5.74) is 2.96. The van der Waals surface area contributed by atoms with Crippen molar-refractivity contribution in [3.63, 3.8) is 0 Å². The van der Waals surface area contributed by atoms with Crippen LogP contribution in [-0.4, -0.2) is 24.3 Å². The molecule has 0 unspecified atom stereocenters. The maximum atomic E-state index is 9.00. The molecule has 1 aromatic carbocycles. The number of aliphatic hydroxyl groups is 1. The van der Waals surface area contributed by atoms with Crippen LogP contribution in [0, 0.1) is 18.3 Å². The zero-order chi connectivity index (χ0) is 13.0. The fourth-order valence-electron chi connectivity index (χ4n) is 2.41. The van der Waals surface area contributed by atoms with E-state index in [9.17, 15) is 0 Å². The van der Waals surface area contributed by atoms with Gasteiger partial charge in [-0.15, -0.1) is 0 Å². The van der Waals surface area contributed by atoms with Gasteiger partial charge in [-0.3, -0.25) is 0 Å². The quantitative estimate of drug-likeness (QED) is 0.866. The first-order valence-electron chi connectivity index (χ1n) is 6.64. The number of aliphatic hydroxyl groups excluding tert-OH is 1. The average Bonchev–Trinajstić information content (AvgIpc) is 2.32. The highest BCUT2D eigenvalue weighted by Crippen LogP contribution is 2.30. The minimum Gasteiger partial charge on any atom is -0.396 e. The van der Waals surface area contributed by atoms with Gasteiger partial charge in [-0.25, -0.2) is 0 Å². The SMILES string of the molecule is Cc1cc(N(CCCO)C2CCC2)ccc1C#N. The highest BCUT2D eigenvalue weighted by molar-refractivity contribution is 5.54. The molecular formula is C15H20N2O. The number of benzene rings is 1. The third kappa shape index (κ3) is 2.65. The van der Waals surface area contributed by atoms with E-state index in [2.05, 4.69) is 17.0 Å². The lowest BCUT2D eigenvalue weighted by Gasteiger charge is -2.39. The molecule has 1 saturated carbocycles. The average molecular weight is 244 g/mol. The number of hydrogen-bond acceptors (Lipinski definition) is 3. The second-order valence-corrected chi connectivity index (χ2v) is 4.97. The van der Waals surface area contributed by atoms with Gasteiger partial charge in [0.25, 0.3) is 0 Å². The topological polar surface area (TPSA) is 47.3 Å². The Kier molecular flexibility index (Phi) is 4.22. The maximum absolute atomic E-state index is 9.00. The molecular weight excluding hydrogens is 224 g/mol. The van der Waals surface area contributed by atoms with Crippen molar-refractivity contribution in [2.24, 2.45) is 0 Å². The van der Waals surface area contributed by atoms with E-state index >= 15 is 0 Å². The summed E-state index contributed by atoms with van der Waals surface area (Å²) in [5.74, 6) is 0. The van der Waals surface area contributed by atoms with Gasteiger partial charge in [-0.05, 0) is 56.4 Å². The lowest BCUT2D eigenvalue weighted by molar-refractivity contribution is 0.283. The Bertz CT molecular complexity index is 446. The van der Waals surface area contributed by atoms with Crippen molar-refractivity contribution in [3.05, 3.63) is 29.3 Å². The zero-order valence-corrected chi connectivity index (χ0v) is 10.9. The second-order valence-electron chi connectivity index (χ2n) is 4.97. The van der Waals surface area contributed by atoms with Crippen molar-refractivity contribution >= 4 is 5.69 Å². The smallest absolute Gasteiger partial charge is 0.0994 e. The molecule has 0 aliphatic heterocycles. The van der Waals surface area contributed by atoms with Crippen LogP contribution in [0.5, 0.6) is 0 Å². The summed E-state index contributed by atoms with van der Waals surface area (Å²) in [7, 11) is 0. The molecule has 1 N–H and O–H groups in total. The molecule has 0 saturated heterocycles. The number of nitrogens with zero attached hydrogens (tertiary/aromatic N) is 2. The molecule has 96 valence electrons. The Morgan fingerprint density at radius 2 is 2.22 bits per heavy atom. The van der Waals surface area contributed by atoms with Crippen LogP contribution in [0.2, 0.25) is 0 Å². The number of anilines is 1. The van der Waals surface area contributed by atoms with Gasteiger partial charge in [0.05, 0.1) is 11.6 Å². The van der Waals surface area contributed by atoms with Crippen molar-refractivity contribution in [3.8, 4) is 6.07 Å². The molecule has 1 aliphatic rings.